The van der Waals surface area contributed by atoms with Gasteiger partial charge < -0.3 is 5.32 Å². The summed E-state index contributed by atoms with van der Waals surface area (Å²) in [6, 6.07) is 8.95. The predicted molar refractivity (Wildman–Crippen MR) is 62.1 cm³/mol. The van der Waals surface area contributed by atoms with E-state index >= 15 is 0 Å². The monoisotopic (exact) mass is 220 g/mol. The van der Waals surface area contributed by atoms with E-state index in [0.29, 0.717) is 12.1 Å². The molecule has 0 aromatic heterocycles. The maximum atomic E-state index is 13.2. The molecule has 0 atom stereocenters. The van der Waals surface area contributed by atoms with Gasteiger partial charge in [0.25, 0.3) is 0 Å². The topological polar surface area (TPSA) is 35.8 Å². The second kappa shape index (κ2) is 5.62. The van der Waals surface area contributed by atoms with Gasteiger partial charge in [0, 0.05) is 12.1 Å². The molecule has 0 unspecified atom stereocenters. The lowest BCUT2D eigenvalue weighted by atomic mass is 9.91. The molecule has 1 rings (SSSR count). The van der Waals surface area contributed by atoms with E-state index < -0.39 is 0 Å². The molecule has 0 aliphatic heterocycles. The summed E-state index contributed by atoms with van der Waals surface area (Å²) in [4.78, 5) is 0. The molecule has 0 fully saturated rings. The predicted octanol–water partition coefficient (Wildman–Crippen LogP) is 2.86. The first-order valence-electron chi connectivity index (χ1n) is 5.40. The zero-order chi connectivity index (χ0) is 12.0. The van der Waals surface area contributed by atoms with Gasteiger partial charge in [0.1, 0.15) is 5.82 Å². The van der Waals surface area contributed by atoms with E-state index in [4.69, 9.17) is 5.26 Å². The highest BCUT2D eigenvalue weighted by Crippen LogP contribution is 2.17. The number of nitrogens with one attached hydrogen (secondary N) is 1. The van der Waals surface area contributed by atoms with Crippen LogP contribution in [0.3, 0.4) is 0 Å². The molecule has 0 aliphatic carbocycles. The fourth-order valence-corrected chi connectivity index (χ4v) is 1.32. The lowest BCUT2D eigenvalue weighted by Gasteiger charge is -2.15. The van der Waals surface area contributed by atoms with Crippen LogP contribution in [0, 0.1) is 22.6 Å². The summed E-state index contributed by atoms with van der Waals surface area (Å²) in [5.74, 6) is -0.186. The van der Waals surface area contributed by atoms with Crippen molar-refractivity contribution in [2.75, 3.05) is 6.54 Å². The first kappa shape index (κ1) is 12.7. The number of hydrogen-bond donors (Lipinski definition) is 1. The van der Waals surface area contributed by atoms with Crippen molar-refractivity contribution in [3.05, 3.63) is 35.6 Å². The lowest BCUT2D eigenvalue weighted by molar-refractivity contribution is 0.431. The van der Waals surface area contributed by atoms with Gasteiger partial charge in [-0.3, -0.25) is 0 Å². The van der Waals surface area contributed by atoms with Crippen LogP contribution in [0.5, 0.6) is 0 Å². The number of nitrogens with zero attached hydrogens (tertiary/aromatic N) is 1. The van der Waals surface area contributed by atoms with E-state index in [0.717, 1.165) is 13.0 Å². The third-order valence-electron chi connectivity index (χ3n) is 2.50. The van der Waals surface area contributed by atoms with Gasteiger partial charge in [-0.25, -0.2) is 4.39 Å². The molecule has 0 spiro atoms. The van der Waals surface area contributed by atoms with Crippen LogP contribution in [0.2, 0.25) is 0 Å². The van der Waals surface area contributed by atoms with Crippen molar-refractivity contribution in [2.24, 2.45) is 5.41 Å². The summed E-state index contributed by atoms with van der Waals surface area (Å²) >= 11 is 0. The Kier molecular flexibility index (Phi) is 4.45. The minimum atomic E-state index is -0.317. The summed E-state index contributed by atoms with van der Waals surface area (Å²) in [6.45, 7) is 5.03. The van der Waals surface area contributed by atoms with Crippen molar-refractivity contribution >= 4 is 0 Å². The highest BCUT2D eigenvalue weighted by molar-refractivity contribution is 5.16. The summed E-state index contributed by atoms with van der Waals surface area (Å²) in [7, 11) is 0. The number of rotatable bonds is 5. The smallest absolute Gasteiger partial charge is 0.127 e. The summed E-state index contributed by atoms with van der Waals surface area (Å²) in [5, 5.41) is 12.0. The minimum Gasteiger partial charge on any atom is -0.313 e. The van der Waals surface area contributed by atoms with E-state index in [9.17, 15) is 4.39 Å². The number of nitriles is 1. The molecule has 0 amide bonds. The Morgan fingerprint density at radius 2 is 2.06 bits per heavy atom. The van der Waals surface area contributed by atoms with Crippen LogP contribution >= 0.6 is 0 Å². The molecule has 0 radical (unpaired) electrons. The minimum absolute atomic E-state index is 0.186. The molecule has 86 valence electrons. The first-order valence-corrected chi connectivity index (χ1v) is 5.40. The fourth-order valence-electron chi connectivity index (χ4n) is 1.32. The highest BCUT2D eigenvalue weighted by atomic mass is 19.1. The van der Waals surface area contributed by atoms with Crippen molar-refractivity contribution in [3.8, 4) is 6.07 Å². The van der Waals surface area contributed by atoms with Gasteiger partial charge in [0.2, 0.25) is 0 Å². The number of benzene rings is 1. The largest absolute Gasteiger partial charge is 0.313 e. The average Bonchev–Trinajstić information content (AvgIpc) is 2.27. The molecule has 1 aromatic rings. The van der Waals surface area contributed by atoms with Crippen LogP contribution in [0.1, 0.15) is 25.8 Å². The maximum absolute atomic E-state index is 13.2. The van der Waals surface area contributed by atoms with Crippen LogP contribution in [0.4, 0.5) is 4.39 Å². The quantitative estimate of drug-likeness (QED) is 0.774. The van der Waals surface area contributed by atoms with Gasteiger partial charge in [-0.05, 0) is 32.9 Å². The van der Waals surface area contributed by atoms with Gasteiger partial charge in [-0.15, -0.1) is 0 Å². The Hall–Kier alpha value is -1.40. The molecular formula is C13H17FN2. The standard InChI is InChI=1S/C13H17FN2/c1-13(2,10-15)7-8-16-9-11-5-3-4-6-12(11)14/h3-6,16H,7-9H2,1-2H3. The van der Waals surface area contributed by atoms with Gasteiger partial charge >= 0.3 is 0 Å². The van der Waals surface area contributed by atoms with E-state index in [-0.39, 0.29) is 11.2 Å². The van der Waals surface area contributed by atoms with Crippen molar-refractivity contribution in [3.63, 3.8) is 0 Å². The Morgan fingerprint density at radius 1 is 1.38 bits per heavy atom. The molecule has 0 aliphatic rings. The molecule has 0 saturated carbocycles. The third kappa shape index (κ3) is 4.00. The Labute approximate surface area is 96.1 Å². The molecule has 1 N–H and O–H groups in total. The van der Waals surface area contributed by atoms with Gasteiger partial charge in [-0.1, -0.05) is 18.2 Å². The van der Waals surface area contributed by atoms with Crippen molar-refractivity contribution in [2.45, 2.75) is 26.8 Å². The second-order valence-electron chi connectivity index (χ2n) is 4.51. The molecule has 1 aromatic carbocycles. The summed E-state index contributed by atoms with van der Waals surface area (Å²) in [6.07, 6.45) is 0.762. The first-order chi connectivity index (χ1) is 7.55. The molecule has 0 saturated heterocycles. The van der Waals surface area contributed by atoms with E-state index in [1.807, 2.05) is 19.9 Å². The number of halogens is 1. The zero-order valence-corrected chi connectivity index (χ0v) is 9.76. The normalized spacial score (nSPS) is 11.1. The van der Waals surface area contributed by atoms with Crippen molar-refractivity contribution < 1.29 is 4.39 Å². The van der Waals surface area contributed by atoms with Crippen molar-refractivity contribution in [1.82, 2.24) is 5.32 Å². The van der Waals surface area contributed by atoms with E-state index in [1.165, 1.54) is 6.07 Å². The fraction of sp³-hybridized carbons (Fsp3) is 0.462. The van der Waals surface area contributed by atoms with Gasteiger partial charge in [0.05, 0.1) is 11.5 Å². The number of hydrogen-bond acceptors (Lipinski definition) is 2. The van der Waals surface area contributed by atoms with Crippen molar-refractivity contribution in [1.29, 1.82) is 5.26 Å². The Balaban J connectivity index is 2.33. The molecular weight excluding hydrogens is 203 g/mol. The SMILES string of the molecule is CC(C)(C#N)CCNCc1ccccc1F. The zero-order valence-electron chi connectivity index (χ0n) is 9.76. The van der Waals surface area contributed by atoms with Crippen LogP contribution in [0.25, 0.3) is 0 Å². The van der Waals surface area contributed by atoms with Crippen LogP contribution in [-0.2, 0) is 6.54 Å². The van der Waals surface area contributed by atoms with E-state index in [1.54, 1.807) is 12.1 Å². The summed E-state index contributed by atoms with van der Waals surface area (Å²) in [5.41, 5.74) is 0.347. The van der Waals surface area contributed by atoms with Crippen LogP contribution in [-0.4, -0.2) is 6.54 Å². The highest BCUT2D eigenvalue weighted by Gasteiger charge is 2.15. The molecule has 0 heterocycles. The molecule has 0 bridgehead atoms. The Bertz CT molecular complexity index is 380. The molecule has 16 heavy (non-hydrogen) atoms. The average molecular weight is 220 g/mol. The second-order valence-corrected chi connectivity index (χ2v) is 4.51. The molecule has 3 heteroatoms. The molecule has 2 nitrogen and oxygen atoms in total. The Morgan fingerprint density at radius 3 is 2.69 bits per heavy atom. The third-order valence-corrected chi connectivity index (χ3v) is 2.50. The maximum Gasteiger partial charge on any atom is 0.127 e. The lowest BCUT2D eigenvalue weighted by Crippen LogP contribution is -2.21. The van der Waals surface area contributed by atoms with Gasteiger partial charge in [0.15, 0.2) is 0 Å². The summed E-state index contributed by atoms with van der Waals surface area (Å²) < 4.78 is 13.2. The van der Waals surface area contributed by atoms with E-state index in [2.05, 4.69) is 11.4 Å². The van der Waals surface area contributed by atoms with Crippen LogP contribution < -0.4 is 5.32 Å². The van der Waals surface area contributed by atoms with Crippen LogP contribution in [0.15, 0.2) is 24.3 Å². The van der Waals surface area contributed by atoms with Gasteiger partial charge in [-0.2, -0.15) is 5.26 Å².